The molecule has 152 valence electrons. The number of likely N-dealkylation sites (tertiary alicyclic amines) is 1. The van der Waals surface area contributed by atoms with E-state index in [0.29, 0.717) is 19.1 Å². The van der Waals surface area contributed by atoms with Gasteiger partial charge in [-0.25, -0.2) is 18.1 Å². The predicted octanol–water partition coefficient (Wildman–Crippen LogP) is 1.81. The number of hydrogen-bond donors (Lipinski definition) is 2. The molecule has 1 aromatic rings. The van der Waals surface area contributed by atoms with Crippen molar-refractivity contribution in [1.82, 2.24) is 14.9 Å². The first-order valence-corrected chi connectivity index (χ1v) is 11.1. The van der Waals surface area contributed by atoms with E-state index in [2.05, 4.69) is 28.8 Å². The summed E-state index contributed by atoms with van der Waals surface area (Å²) in [6, 6.07) is 6.94. The van der Waals surface area contributed by atoms with Gasteiger partial charge >= 0.3 is 0 Å². The van der Waals surface area contributed by atoms with Crippen LogP contribution in [0.2, 0.25) is 0 Å². The van der Waals surface area contributed by atoms with E-state index in [-0.39, 0.29) is 11.4 Å². The molecule has 1 aromatic carbocycles. The number of sulfonamides is 1. The Bertz CT molecular complexity index is 721. The van der Waals surface area contributed by atoms with Gasteiger partial charge in [-0.1, -0.05) is 19.1 Å². The third-order valence-electron chi connectivity index (χ3n) is 4.51. The minimum atomic E-state index is -3.54. The minimum absolute atomic E-state index is 0.249. The van der Waals surface area contributed by atoms with Crippen LogP contribution < -0.4 is 10.0 Å². The normalized spacial score (nSPS) is 18.6. The molecule has 0 radical (unpaired) electrons. The number of guanidine groups is 1. The Kier molecular flexibility index (Phi) is 8.53. The van der Waals surface area contributed by atoms with Crippen LogP contribution in [0.1, 0.15) is 32.3 Å². The molecule has 1 atom stereocenters. The molecule has 0 saturated carbocycles. The quantitative estimate of drug-likeness (QED) is 0.398. The second-order valence-corrected chi connectivity index (χ2v) is 8.67. The molecule has 2 N–H and O–H groups in total. The fourth-order valence-electron chi connectivity index (χ4n) is 3.15. The number of methoxy groups -OCH3 is 1. The van der Waals surface area contributed by atoms with Gasteiger partial charge in [0, 0.05) is 33.3 Å². The first-order valence-electron chi connectivity index (χ1n) is 9.57. The lowest BCUT2D eigenvalue weighted by atomic mass is 10.0. The molecule has 1 heterocycles. The standard InChI is InChI=1S/C19H32N4O3S/c1-4-20-19(23-11-6-7-16(2)15-23)21-14-17-8-5-9-18(13-17)27(24,25)22-10-12-26-3/h5,8-9,13,16,22H,4,6-7,10-12,14-15H2,1-3H3,(H,20,21). The second kappa shape index (κ2) is 10.6. The van der Waals surface area contributed by atoms with Crippen molar-refractivity contribution in [2.75, 3.05) is 39.9 Å². The second-order valence-electron chi connectivity index (χ2n) is 6.90. The van der Waals surface area contributed by atoms with Crippen molar-refractivity contribution in [2.45, 2.75) is 38.1 Å². The molecule has 7 nitrogen and oxygen atoms in total. The number of nitrogens with zero attached hydrogens (tertiary/aromatic N) is 2. The molecule has 1 aliphatic heterocycles. The summed E-state index contributed by atoms with van der Waals surface area (Å²) in [5.74, 6) is 1.56. The Labute approximate surface area is 163 Å². The van der Waals surface area contributed by atoms with E-state index in [4.69, 9.17) is 9.73 Å². The number of aliphatic imine (C=N–C) groups is 1. The summed E-state index contributed by atoms with van der Waals surface area (Å²) >= 11 is 0. The highest BCUT2D eigenvalue weighted by atomic mass is 32.2. The lowest BCUT2D eigenvalue weighted by molar-refractivity contribution is 0.204. The largest absolute Gasteiger partial charge is 0.383 e. The van der Waals surface area contributed by atoms with E-state index in [9.17, 15) is 8.42 Å². The van der Waals surface area contributed by atoms with Crippen LogP contribution in [0.15, 0.2) is 34.2 Å². The average molecular weight is 397 g/mol. The Morgan fingerprint density at radius 1 is 1.41 bits per heavy atom. The van der Waals surface area contributed by atoms with Gasteiger partial charge in [0.1, 0.15) is 0 Å². The molecular formula is C19H32N4O3S. The zero-order valence-corrected chi connectivity index (χ0v) is 17.4. The highest BCUT2D eigenvalue weighted by molar-refractivity contribution is 7.89. The fraction of sp³-hybridized carbons (Fsp3) is 0.632. The number of benzene rings is 1. The van der Waals surface area contributed by atoms with Crippen molar-refractivity contribution in [3.63, 3.8) is 0 Å². The van der Waals surface area contributed by atoms with Gasteiger partial charge in [-0.15, -0.1) is 0 Å². The third-order valence-corrected chi connectivity index (χ3v) is 5.97. The molecule has 8 heteroatoms. The minimum Gasteiger partial charge on any atom is -0.383 e. The van der Waals surface area contributed by atoms with Gasteiger partial charge in [0.25, 0.3) is 0 Å². The fourth-order valence-corrected chi connectivity index (χ4v) is 4.23. The summed E-state index contributed by atoms with van der Waals surface area (Å²) in [7, 11) is -2.00. The zero-order chi connectivity index (χ0) is 19.7. The van der Waals surface area contributed by atoms with Crippen LogP contribution >= 0.6 is 0 Å². The van der Waals surface area contributed by atoms with Gasteiger partial charge < -0.3 is 15.0 Å². The maximum atomic E-state index is 12.4. The molecule has 0 aromatic heterocycles. The summed E-state index contributed by atoms with van der Waals surface area (Å²) in [5, 5.41) is 3.35. The molecule has 2 rings (SSSR count). The Balaban J connectivity index is 2.10. The lowest BCUT2D eigenvalue weighted by Gasteiger charge is -2.33. The van der Waals surface area contributed by atoms with E-state index >= 15 is 0 Å². The molecule has 1 unspecified atom stereocenters. The van der Waals surface area contributed by atoms with Crippen molar-refractivity contribution >= 4 is 16.0 Å². The molecular weight excluding hydrogens is 364 g/mol. The molecule has 0 aliphatic carbocycles. The summed E-state index contributed by atoms with van der Waals surface area (Å²) in [5.41, 5.74) is 0.866. The number of rotatable bonds is 8. The first-order chi connectivity index (χ1) is 13.0. The Hall–Kier alpha value is -1.64. The van der Waals surface area contributed by atoms with Gasteiger partial charge in [0.05, 0.1) is 18.0 Å². The lowest BCUT2D eigenvalue weighted by Crippen LogP contribution is -2.46. The molecule has 1 fully saturated rings. The van der Waals surface area contributed by atoms with Crippen molar-refractivity contribution < 1.29 is 13.2 Å². The van der Waals surface area contributed by atoms with Gasteiger partial charge in [-0.3, -0.25) is 0 Å². The molecule has 1 aliphatic rings. The topological polar surface area (TPSA) is 83.0 Å². The number of hydrogen-bond acceptors (Lipinski definition) is 4. The smallest absolute Gasteiger partial charge is 0.240 e. The van der Waals surface area contributed by atoms with Crippen molar-refractivity contribution in [1.29, 1.82) is 0 Å². The maximum absolute atomic E-state index is 12.4. The van der Waals surface area contributed by atoms with Gasteiger partial charge in [0.15, 0.2) is 5.96 Å². The van der Waals surface area contributed by atoms with E-state index in [1.165, 1.54) is 20.0 Å². The summed E-state index contributed by atoms with van der Waals surface area (Å²) in [6.07, 6.45) is 2.43. The van der Waals surface area contributed by atoms with Crippen molar-refractivity contribution in [2.24, 2.45) is 10.9 Å². The molecule has 0 spiro atoms. The monoisotopic (exact) mass is 396 g/mol. The van der Waals surface area contributed by atoms with Crippen LogP contribution in [0.4, 0.5) is 0 Å². The van der Waals surface area contributed by atoms with Crippen molar-refractivity contribution in [3.8, 4) is 0 Å². The van der Waals surface area contributed by atoms with Crippen LogP contribution in [0, 0.1) is 5.92 Å². The van der Waals surface area contributed by atoms with Gasteiger partial charge in [0.2, 0.25) is 10.0 Å². The summed E-state index contributed by atoms with van der Waals surface area (Å²) < 4.78 is 32.1. The van der Waals surface area contributed by atoms with E-state index in [0.717, 1.165) is 31.2 Å². The zero-order valence-electron chi connectivity index (χ0n) is 16.6. The third kappa shape index (κ3) is 6.79. The summed E-state index contributed by atoms with van der Waals surface area (Å²) in [4.78, 5) is 7.29. The van der Waals surface area contributed by atoms with Crippen LogP contribution in [-0.4, -0.2) is 59.2 Å². The maximum Gasteiger partial charge on any atom is 0.240 e. The molecule has 0 bridgehead atoms. The SMILES string of the molecule is CCNC(=NCc1cccc(S(=O)(=O)NCCOC)c1)N1CCCC(C)C1. The molecule has 0 amide bonds. The van der Waals surface area contributed by atoms with E-state index in [1.807, 2.05) is 6.07 Å². The number of piperidine rings is 1. The number of nitrogens with one attached hydrogen (secondary N) is 2. The number of ether oxygens (including phenoxy) is 1. The van der Waals surface area contributed by atoms with Crippen LogP contribution in [0.5, 0.6) is 0 Å². The highest BCUT2D eigenvalue weighted by Crippen LogP contribution is 2.16. The van der Waals surface area contributed by atoms with E-state index in [1.54, 1.807) is 18.2 Å². The molecule has 1 saturated heterocycles. The first kappa shape index (κ1) is 21.7. The van der Waals surface area contributed by atoms with E-state index < -0.39 is 10.0 Å². The van der Waals surface area contributed by atoms with Crippen LogP contribution in [0.3, 0.4) is 0 Å². The van der Waals surface area contributed by atoms with Crippen LogP contribution in [-0.2, 0) is 21.3 Å². The van der Waals surface area contributed by atoms with Crippen LogP contribution in [0.25, 0.3) is 0 Å². The predicted molar refractivity (Wildman–Crippen MR) is 108 cm³/mol. The summed E-state index contributed by atoms with van der Waals surface area (Å²) in [6.45, 7) is 8.17. The highest BCUT2D eigenvalue weighted by Gasteiger charge is 2.19. The Morgan fingerprint density at radius 3 is 2.93 bits per heavy atom. The van der Waals surface area contributed by atoms with Gasteiger partial charge in [-0.2, -0.15) is 0 Å². The average Bonchev–Trinajstić information content (AvgIpc) is 2.65. The molecule has 27 heavy (non-hydrogen) atoms. The van der Waals surface area contributed by atoms with Gasteiger partial charge in [-0.05, 0) is 43.4 Å². The Morgan fingerprint density at radius 2 is 2.22 bits per heavy atom. The van der Waals surface area contributed by atoms with Crippen molar-refractivity contribution in [3.05, 3.63) is 29.8 Å².